The van der Waals surface area contributed by atoms with Crippen LogP contribution in [0.2, 0.25) is 0 Å². The molecule has 0 amide bonds. The molecule has 11 heavy (non-hydrogen) atoms. The lowest BCUT2D eigenvalue weighted by molar-refractivity contribution is -0.131. The molecule has 4 heteroatoms. The van der Waals surface area contributed by atoms with Gasteiger partial charge in [-0.3, -0.25) is 0 Å². The van der Waals surface area contributed by atoms with Crippen molar-refractivity contribution in [3.63, 3.8) is 0 Å². The zero-order valence-corrected chi connectivity index (χ0v) is 6.94. The van der Waals surface area contributed by atoms with Crippen molar-refractivity contribution in [2.75, 3.05) is 6.61 Å². The van der Waals surface area contributed by atoms with Crippen molar-refractivity contribution in [3.8, 4) is 0 Å². The number of rotatable bonds is 2. The van der Waals surface area contributed by atoms with Gasteiger partial charge in [0, 0.05) is 6.42 Å². The van der Waals surface area contributed by atoms with Crippen LogP contribution in [-0.4, -0.2) is 17.9 Å². The van der Waals surface area contributed by atoms with E-state index >= 15 is 0 Å². The third-order valence-corrected chi connectivity index (χ3v) is 1.55. The minimum absolute atomic E-state index is 0.500. The van der Waals surface area contributed by atoms with Gasteiger partial charge >= 0.3 is 5.97 Å². The molecular weight excluding hydrogens is 164 g/mol. The number of thiocarbonyl (C=S) groups is 1. The molecule has 3 nitrogen and oxygen atoms in total. The van der Waals surface area contributed by atoms with Crippen LogP contribution in [0.3, 0.4) is 0 Å². The minimum atomic E-state index is -0.500. The second kappa shape index (κ2) is 3.48. The van der Waals surface area contributed by atoms with Crippen LogP contribution in [0.5, 0.6) is 0 Å². The van der Waals surface area contributed by atoms with Gasteiger partial charge < -0.3 is 9.47 Å². The zero-order valence-electron chi connectivity index (χ0n) is 6.12. The topological polar surface area (TPSA) is 35.5 Å². The number of hydrogen-bond donors (Lipinski definition) is 0. The predicted molar refractivity (Wildman–Crippen MR) is 43.0 cm³/mol. The molecule has 0 radical (unpaired) electrons. The fraction of sp³-hybridized carbons (Fsp3) is 0.429. The first-order valence-corrected chi connectivity index (χ1v) is 3.70. The molecule has 0 saturated carbocycles. The highest BCUT2D eigenvalue weighted by molar-refractivity contribution is 7.80. The van der Waals surface area contributed by atoms with Gasteiger partial charge in [0.15, 0.2) is 0 Å². The highest BCUT2D eigenvalue weighted by Crippen LogP contribution is 2.18. The maximum Gasteiger partial charge on any atom is 0.346 e. The Labute approximate surface area is 70.0 Å². The van der Waals surface area contributed by atoms with Crippen LogP contribution < -0.4 is 0 Å². The smallest absolute Gasteiger partial charge is 0.346 e. The number of esters is 1. The highest BCUT2D eigenvalue weighted by Gasteiger charge is 2.15. The quantitative estimate of drug-likeness (QED) is 0.463. The van der Waals surface area contributed by atoms with E-state index < -0.39 is 5.97 Å². The first-order valence-electron chi connectivity index (χ1n) is 3.23. The molecule has 0 unspecified atom stereocenters. The summed E-state index contributed by atoms with van der Waals surface area (Å²) in [6, 6.07) is 0. The van der Waals surface area contributed by atoms with Gasteiger partial charge in [-0.05, 0) is 6.92 Å². The van der Waals surface area contributed by atoms with Crippen LogP contribution in [0.15, 0.2) is 11.5 Å². The summed E-state index contributed by atoms with van der Waals surface area (Å²) >= 11 is 4.39. The molecule has 1 heterocycles. The number of carbonyl (C=O) groups is 1. The van der Waals surface area contributed by atoms with E-state index in [9.17, 15) is 4.79 Å². The lowest BCUT2D eigenvalue weighted by Crippen LogP contribution is -2.03. The van der Waals surface area contributed by atoms with Gasteiger partial charge in [0.05, 0.1) is 12.0 Å². The summed E-state index contributed by atoms with van der Waals surface area (Å²) in [6.07, 6.45) is 0.654. The van der Waals surface area contributed by atoms with E-state index in [0.717, 1.165) is 5.37 Å². The largest absolute Gasteiger partial charge is 0.494 e. The Morgan fingerprint density at radius 3 is 3.00 bits per heavy atom. The Balaban J connectivity index is 2.55. The third kappa shape index (κ3) is 2.01. The molecule has 0 spiro atoms. The standard InChI is InChI=1S/C7H8O3S/c1-5-6(2-3-9-5)10-7(8)4-11/h4H,2-3H2,1H3. The monoisotopic (exact) mass is 172 g/mol. The summed E-state index contributed by atoms with van der Waals surface area (Å²) in [5.41, 5.74) is 0. The lowest BCUT2D eigenvalue weighted by atomic mass is 10.4. The summed E-state index contributed by atoms with van der Waals surface area (Å²) in [5.74, 6) is 0.770. The summed E-state index contributed by atoms with van der Waals surface area (Å²) in [6.45, 7) is 2.35. The van der Waals surface area contributed by atoms with E-state index in [1.807, 2.05) is 0 Å². The number of hydrogen-bond acceptors (Lipinski definition) is 4. The molecule has 0 aromatic heterocycles. The fourth-order valence-corrected chi connectivity index (χ4v) is 0.870. The maximum atomic E-state index is 10.6. The van der Waals surface area contributed by atoms with E-state index in [-0.39, 0.29) is 0 Å². The zero-order chi connectivity index (χ0) is 8.27. The van der Waals surface area contributed by atoms with E-state index in [4.69, 9.17) is 9.47 Å². The van der Waals surface area contributed by atoms with Gasteiger partial charge in [0.1, 0.15) is 11.5 Å². The van der Waals surface area contributed by atoms with Crippen molar-refractivity contribution < 1.29 is 14.3 Å². The van der Waals surface area contributed by atoms with Crippen molar-refractivity contribution >= 4 is 23.6 Å². The number of ether oxygens (including phenoxy) is 2. The molecule has 1 aliphatic heterocycles. The Morgan fingerprint density at radius 2 is 2.55 bits per heavy atom. The lowest BCUT2D eigenvalue weighted by Gasteiger charge is -1.99. The second-order valence-electron chi connectivity index (χ2n) is 2.12. The third-order valence-electron chi connectivity index (χ3n) is 1.36. The van der Waals surface area contributed by atoms with Crippen LogP contribution in [0.1, 0.15) is 13.3 Å². The Kier molecular flexibility index (Phi) is 2.59. The molecule has 0 atom stereocenters. The van der Waals surface area contributed by atoms with Crippen LogP contribution in [0.4, 0.5) is 0 Å². The van der Waals surface area contributed by atoms with E-state index in [1.54, 1.807) is 6.92 Å². The van der Waals surface area contributed by atoms with E-state index in [2.05, 4.69) is 12.2 Å². The predicted octanol–water partition coefficient (Wildman–Crippen LogP) is 1.18. The van der Waals surface area contributed by atoms with Crippen molar-refractivity contribution in [1.29, 1.82) is 0 Å². The minimum Gasteiger partial charge on any atom is -0.494 e. The molecule has 0 aliphatic carbocycles. The van der Waals surface area contributed by atoms with Crippen LogP contribution >= 0.6 is 12.2 Å². The molecule has 0 saturated heterocycles. The Hall–Kier alpha value is -0.900. The Morgan fingerprint density at radius 1 is 1.82 bits per heavy atom. The molecule has 0 aromatic carbocycles. The van der Waals surface area contributed by atoms with Gasteiger partial charge in [0.2, 0.25) is 0 Å². The van der Waals surface area contributed by atoms with E-state index in [1.165, 1.54) is 0 Å². The maximum absolute atomic E-state index is 10.6. The second-order valence-corrected chi connectivity index (χ2v) is 2.35. The summed E-state index contributed by atoms with van der Waals surface area (Å²) < 4.78 is 9.89. The first-order chi connectivity index (χ1) is 5.24. The fourth-order valence-electron chi connectivity index (χ4n) is 0.822. The van der Waals surface area contributed by atoms with Gasteiger partial charge in [-0.2, -0.15) is 0 Å². The molecule has 0 fully saturated rings. The molecule has 0 bridgehead atoms. The SMILES string of the molecule is CC1=C(OC(=O)C=S)CCO1. The Bertz CT molecular complexity index is 220. The summed E-state index contributed by atoms with van der Waals surface area (Å²) in [4.78, 5) is 10.6. The molecule has 1 rings (SSSR count). The molecule has 0 N–H and O–H groups in total. The van der Waals surface area contributed by atoms with Crippen molar-refractivity contribution in [3.05, 3.63) is 11.5 Å². The molecular formula is C7H8O3S. The number of carbonyl (C=O) groups excluding carboxylic acids is 1. The first kappa shape index (κ1) is 8.20. The van der Waals surface area contributed by atoms with Crippen molar-refractivity contribution in [2.45, 2.75) is 13.3 Å². The van der Waals surface area contributed by atoms with Gasteiger partial charge in [-0.25, -0.2) is 4.79 Å². The molecule has 1 aliphatic rings. The van der Waals surface area contributed by atoms with Crippen molar-refractivity contribution in [2.24, 2.45) is 0 Å². The molecule has 60 valence electrons. The summed E-state index contributed by atoms with van der Waals surface area (Å²) in [5, 5.41) is 0.971. The summed E-state index contributed by atoms with van der Waals surface area (Å²) in [7, 11) is 0. The van der Waals surface area contributed by atoms with Crippen LogP contribution in [0, 0.1) is 0 Å². The van der Waals surface area contributed by atoms with Crippen LogP contribution in [0.25, 0.3) is 0 Å². The molecule has 0 aromatic rings. The van der Waals surface area contributed by atoms with Gasteiger partial charge in [0.25, 0.3) is 0 Å². The van der Waals surface area contributed by atoms with Crippen molar-refractivity contribution in [1.82, 2.24) is 0 Å². The highest BCUT2D eigenvalue weighted by atomic mass is 32.1. The average Bonchev–Trinajstić information content (AvgIpc) is 2.37. The normalized spacial score (nSPS) is 16.1. The van der Waals surface area contributed by atoms with E-state index in [0.29, 0.717) is 24.5 Å². The number of allylic oxidation sites excluding steroid dienone is 1. The van der Waals surface area contributed by atoms with Gasteiger partial charge in [-0.15, -0.1) is 0 Å². The van der Waals surface area contributed by atoms with Gasteiger partial charge in [-0.1, -0.05) is 12.2 Å². The van der Waals surface area contributed by atoms with Crippen LogP contribution in [-0.2, 0) is 14.3 Å². The average molecular weight is 172 g/mol.